The van der Waals surface area contributed by atoms with Crippen LogP contribution < -0.4 is 4.72 Å². The van der Waals surface area contributed by atoms with Crippen molar-refractivity contribution in [3.8, 4) is 0 Å². The third kappa shape index (κ3) is 4.85. The van der Waals surface area contributed by atoms with Crippen LogP contribution in [-0.2, 0) is 21.4 Å². The van der Waals surface area contributed by atoms with Crippen LogP contribution in [0, 0.1) is 38.2 Å². The number of carbonyl (C=O) groups is 1. The number of nitrogens with zero attached hydrogens (tertiary/aromatic N) is 2. The van der Waals surface area contributed by atoms with Gasteiger partial charge in [0.2, 0.25) is 0 Å². The van der Waals surface area contributed by atoms with Gasteiger partial charge in [0.15, 0.2) is 11.6 Å². The maximum absolute atomic E-state index is 14.3. The zero-order valence-electron chi connectivity index (χ0n) is 18.9. The van der Waals surface area contributed by atoms with Gasteiger partial charge in [-0.25, -0.2) is 26.3 Å². The number of benzene rings is 2. The van der Waals surface area contributed by atoms with Crippen LogP contribution in [0.1, 0.15) is 28.1 Å². The van der Waals surface area contributed by atoms with Gasteiger partial charge in [-0.3, -0.25) is 4.79 Å². The number of amides is 1. The molecule has 1 N–H and O–H groups in total. The number of fused-ring (bicyclic) bond motifs is 1. The van der Waals surface area contributed by atoms with Gasteiger partial charge in [-0.15, -0.1) is 0 Å². The number of rotatable bonds is 6. The molecule has 0 aliphatic carbocycles. The quantitative estimate of drug-likeness (QED) is 0.390. The number of nitrogens with one attached hydrogen (secondary N) is 1. The summed E-state index contributed by atoms with van der Waals surface area (Å²) in [4.78, 5) is 11.7. The van der Waals surface area contributed by atoms with Crippen molar-refractivity contribution in [3.05, 3.63) is 88.2 Å². The molecule has 0 radical (unpaired) electrons. The summed E-state index contributed by atoms with van der Waals surface area (Å²) >= 11 is 0. The number of hydrogen-bond donors (Lipinski definition) is 1. The standard InChI is InChI=1S/C24H20F3N3O4S/c1-13-11-30(12-20-14(2)28-34-15(20)3)24-16(8-17(25)9-19(13)24)4-7-23(31)29-35(32,33)18-5-6-21(26)22(27)10-18/h4-11H,12H2,1-3H3,(H,29,31)/b7-4+. The lowest BCUT2D eigenvalue weighted by Gasteiger charge is -2.09. The molecule has 2 aromatic carbocycles. The van der Waals surface area contributed by atoms with E-state index in [-0.39, 0.29) is 0 Å². The summed E-state index contributed by atoms with van der Waals surface area (Å²) in [6.45, 7) is 5.80. The topological polar surface area (TPSA) is 94.2 Å². The van der Waals surface area contributed by atoms with E-state index in [2.05, 4.69) is 5.16 Å². The average Bonchev–Trinajstić information content (AvgIpc) is 3.27. The molecule has 7 nitrogen and oxygen atoms in total. The van der Waals surface area contributed by atoms with Crippen molar-refractivity contribution in [2.45, 2.75) is 32.2 Å². The lowest BCUT2D eigenvalue weighted by atomic mass is 10.1. The van der Waals surface area contributed by atoms with Gasteiger partial charge in [0.1, 0.15) is 11.6 Å². The minimum Gasteiger partial charge on any atom is -0.361 e. The molecule has 0 saturated carbocycles. The molecular formula is C24H20F3N3O4S. The molecule has 0 fully saturated rings. The van der Waals surface area contributed by atoms with E-state index in [1.807, 2.05) is 24.6 Å². The zero-order valence-corrected chi connectivity index (χ0v) is 19.7. The highest BCUT2D eigenvalue weighted by Crippen LogP contribution is 2.28. The molecule has 2 heterocycles. The first kappa shape index (κ1) is 24.3. The number of aryl methyl sites for hydroxylation is 3. The normalized spacial score (nSPS) is 12.1. The number of aromatic nitrogens is 2. The van der Waals surface area contributed by atoms with E-state index in [0.717, 1.165) is 23.3 Å². The SMILES string of the molecule is Cc1noc(C)c1Cn1cc(C)c2cc(F)cc(/C=C/C(=O)NS(=O)(=O)c3ccc(F)c(F)c3)c21. The highest BCUT2D eigenvalue weighted by atomic mass is 32.2. The van der Waals surface area contributed by atoms with Crippen molar-refractivity contribution in [2.75, 3.05) is 0 Å². The van der Waals surface area contributed by atoms with Crippen LogP contribution in [0.15, 0.2) is 52.0 Å². The maximum Gasteiger partial charge on any atom is 0.264 e. The summed E-state index contributed by atoms with van der Waals surface area (Å²) < 4.78 is 74.4. The lowest BCUT2D eigenvalue weighted by Crippen LogP contribution is -2.29. The van der Waals surface area contributed by atoms with E-state index < -0.39 is 38.3 Å². The van der Waals surface area contributed by atoms with Crippen LogP contribution in [0.25, 0.3) is 17.0 Å². The highest BCUT2D eigenvalue weighted by molar-refractivity contribution is 7.90. The van der Waals surface area contributed by atoms with Crippen molar-refractivity contribution in [2.24, 2.45) is 0 Å². The maximum atomic E-state index is 14.3. The molecule has 4 rings (SSSR count). The van der Waals surface area contributed by atoms with Gasteiger partial charge in [-0.05, 0) is 62.7 Å². The largest absolute Gasteiger partial charge is 0.361 e. The molecule has 1 amide bonds. The predicted molar refractivity (Wildman–Crippen MR) is 122 cm³/mol. The molecule has 11 heteroatoms. The number of halogens is 3. The first-order chi connectivity index (χ1) is 16.5. The number of sulfonamides is 1. The third-order valence-corrected chi connectivity index (χ3v) is 6.87. The second-order valence-electron chi connectivity index (χ2n) is 8.01. The van der Waals surface area contributed by atoms with Crippen LogP contribution >= 0.6 is 0 Å². The van der Waals surface area contributed by atoms with E-state index in [1.54, 1.807) is 11.6 Å². The smallest absolute Gasteiger partial charge is 0.264 e. The highest BCUT2D eigenvalue weighted by Gasteiger charge is 2.19. The van der Waals surface area contributed by atoms with Gasteiger partial charge in [0, 0.05) is 28.8 Å². The van der Waals surface area contributed by atoms with Crippen LogP contribution in [0.5, 0.6) is 0 Å². The summed E-state index contributed by atoms with van der Waals surface area (Å²) in [7, 11) is -4.46. The van der Waals surface area contributed by atoms with Crippen LogP contribution in [0.3, 0.4) is 0 Å². The molecule has 0 aliphatic heterocycles. The van der Waals surface area contributed by atoms with Gasteiger partial charge < -0.3 is 9.09 Å². The van der Waals surface area contributed by atoms with Crippen molar-refractivity contribution < 1.29 is 30.9 Å². The molecule has 2 aromatic heterocycles. The molecule has 0 spiro atoms. The monoisotopic (exact) mass is 503 g/mol. The molecule has 0 unspecified atom stereocenters. The molecule has 0 atom stereocenters. The Balaban J connectivity index is 1.67. The number of carbonyl (C=O) groups excluding carboxylic acids is 1. The van der Waals surface area contributed by atoms with Gasteiger partial charge >= 0.3 is 0 Å². The first-order valence-electron chi connectivity index (χ1n) is 10.4. The molecule has 0 bridgehead atoms. The van der Waals surface area contributed by atoms with Crippen LogP contribution in [-0.4, -0.2) is 24.0 Å². The Bertz CT molecular complexity index is 1580. The Hall–Kier alpha value is -3.86. The summed E-state index contributed by atoms with van der Waals surface area (Å²) in [6, 6.07) is 4.54. The van der Waals surface area contributed by atoms with Crippen molar-refractivity contribution in [1.82, 2.24) is 14.4 Å². The summed E-state index contributed by atoms with van der Waals surface area (Å²) in [5.41, 5.74) is 3.32. The van der Waals surface area contributed by atoms with E-state index in [1.165, 1.54) is 18.2 Å². The first-order valence-corrected chi connectivity index (χ1v) is 11.8. The van der Waals surface area contributed by atoms with Gasteiger partial charge in [0.05, 0.1) is 22.7 Å². The fourth-order valence-electron chi connectivity index (χ4n) is 3.79. The Labute approximate surface area is 198 Å². The van der Waals surface area contributed by atoms with E-state index in [9.17, 15) is 26.4 Å². The van der Waals surface area contributed by atoms with Crippen LogP contribution in [0.4, 0.5) is 13.2 Å². The van der Waals surface area contributed by atoms with Gasteiger partial charge in [-0.1, -0.05) is 5.16 Å². The summed E-state index contributed by atoms with van der Waals surface area (Å²) in [5.74, 6) is -3.53. The second kappa shape index (κ2) is 9.06. The Morgan fingerprint density at radius 1 is 1.11 bits per heavy atom. The fraction of sp³-hybridized carbons (Fsp3) is 0.167. The van der Waals surface area contributed by atoms with E-state index >= 15 is 0 Å². The van der Waals surface area contributed by atoms with E-state index in [0.29, 0.717) is 46.6 Å². The predicted octanol–water partition coefficient (Wildman–Crippen LogP) is 4.54. The minimum atomic E-state index is -4.46. The lowest BCUT2D eigenvalue weighted by molar-refractivity contribution is -0.114. The van der Waals surface area contributed by atoms with Crippen LogP contribution in [0.2, 0.25) is 0 Å². The molecule has 182 valence electrons. The Morgan fingerprint density at radius 2 is 1.86 bits per heavy atom. The second-order valence-corrected chi connectivity index (χ2v) is 9.70. The zero-order chi connectivity index (χ0) is 25.5. The minimum absolute atomic E-state index is 0.334. The van der Waals surface area contributed by atoms with E-state index in [4.69, 9.17) is 4.52 Å². The number of hydrogen-bond acceptors (Lipinski definition) is 5. The van der Waals surface area contributed by atoms with Gasteiger partial charge in [-0.2, -0.15) is 0 Å². The van der Waals surface area contributed by atoms with Crippen molar-refractivity contribution in [1.29, 1.82) is 0 Å². The van der Waals surface area contributed by atoms with Crippen molar-refractivity contribution in [3.63, 3.8) is 0 Å². The Morgan fingerprint density at radius 3 is 2.51 bits per heavy atom. The molecular weight excluding hydrogens is 483 g/mol. The summed E-state index contributed by atoms with van der Waals surface area (Å²) in [6.07, 6.45) is 4.04. The molecule has 35 heavy (non-hydrogen) atoms. The third-order valence-electron chi connectivity index (χ3n) is 5.53. The Kier molecular flexibility index (Phi) is 6.28. The fourth-order valence-corrected chi connectivity index (χ4v) is 4.75. The average molecular weight is 504 g/mol. The summed E-state index contributed by atoms with van der Waals surface area (Å²) in [5, 5.41) is 4.56. The molecule has 4 aromatic rings. The molecule has 0 aliphatic rings. The molecule has 0 saturated heterocycles. The van der Waals surface area contributed by atoms with Gasteiger partial charge in [0.25, 0.3) is 15.9 Å². The van der Waals surface area contributed by atoms with Crippen molar-refractivity contribution >= 4 is 32.9 Å².